The van der Waals surface area contributed by atoms with Crippen LogP contribution in [0.3, 0.4) is 0 Å². The first-order valence-electron chi connectivity index (χ1n) is 6.60. The molecule has 0 atom stereocenters. The Kier molecular flexibility index (Phi) is 2.27. The number of aromatic nitrogens is 1. The van der Waals surface area contributed by atoms with E-state index in [-0.39, 0.29) is 5.82 Å². The molecule has 0 aliphatic rings. The van der Waals surface area contributed by atoms with Gasteiger partial charge in [-0.25, -0.2) is 4.39 Å². The standard InChI is InChI=1S/C18H12FN/c1-11-2-4-16-15-5-3-12-10-20-9-8-13(12)14(15)6-7-17(16)18(11)19/h2-10H,1H3. The zero-order chi connectivity index (χ0) is 13.7. The Labute approximate surface area is 115 Å². The van der Waals surface area contributed by atoms with E-state index in [1.165, 1.54) is 0 Å². The van der Waals surface area contributed by atoms with Gasteiger partial charge in [0, 0.05) is 23.2 Å². The molecule has 20 heavy (non-hydrogen) atoms. The van der Waals surface area contributed by atoms with Gasteiger partial charge in [-0.15, -0.1) is 0 Å². The van der Waals surface area contributed by atoms with Gasteiger partial charge in [-0.2, -0.15) is 0 Å². The van der Waals surface area contributed by atoms with Crippen LogP contribution in [0.4, 0.5) is 4.39 Å². The topological polar surface area (TPSA) is 12.9 Å². The first kappa shape index (κ1) is 11.4. The van der Waals surface area contributed by atoms with Gasteiger partial charge in [-0.1, -0.05) is 36.4 Å². The van der Waals surface area contributed by atoms with Crippen molar-refractivity contribution in [1.29, 1.82) is 0 Å². The molecule has 0 aliphatic carbocycles. The first-order valence-corrected chi connectivity index (χ1v) is 6.60. The fourth-order valence-corrected chi connectivity index (χ4v) is 2.87. The van der Waals surface area contributed by atoms with Crippen LogP contribution in [0.15, 0.2) is 54.9 Å². The Morgan fingerprint density at radius 2 is 1.40 bits per heavy atom. The minimum absolute atomic E-state index is 0.126. The summed E-state index contributed by atoms with van der Waals surface area (Å²) in [6.07, 6.45) is 3.65. The quantitative estimate of drug-likeness (QED) is 0.406. The Hall–Kier alpha value is -2.48. The predicted molar refractivity (Wildman–Crippen MR) is 81.5 cm³/mol. The molecule has 0 aliphatic heterocycles. The lowest BCUT2D eigenvalue weighted by Gasteiger charge is -2.09. The fourth-order valence-electron chi connectivity index (χ4n) is 2.87. The summed E-state index contributed by atoms with van der Waals surface area (Å²) in [7, 11) is 0. The third-order valence-corrected chi connectivity index (χ3v) is 3.94. The highest BCUT2D eigenvalue weighted by Gasteiger charge is 2.08. The summed E-state index contributed by atoms with van der Waals surface area (Å²) < 4.78 is 14.2. The largest absolute Gasteiger partial charge is 0.264 e. The van der Waals surface area contributed by atoms with Gasteiger partial charge in [0.2, 0.25) is 0 Å². The number of pyridine rings is 1. The van der Waals surface area contributed by atoms with Crippen molar-refractivity contribution in [3.05, 3.63) is 66.2 Å². The van der Waals surface area contributed by atoms with Gasteiger partial charge in [0.25, 0.3) is 0 Å². The summed E-state index contributed by atoms with van der Waals surface area (Å²) in [5.41, 5.74) is 0.682. The summed E-state index contributed by atoms with van der Waals surface area (Å²) in [6.45, 7) is 1.80. The molecule has 0 amide bonds. The van der Waals surface area contributed by atoms with Crippen LogP contribution >= 0.6 is 0 Å². The molecule has 3 aromatic carbocycles. The van der Waals surface area contributed by atoms with Crippen molar-refractivity contribution in [2.24, 2.45) is 0 Å². The minimum atomic E-state index is -0.126. The summed E-state index contributed by atoms with van der Waals surface area (Å²) in [5, 5.41) is 6.13. The highest BCUT2D eigenvalue weighted by Crippen LogP contribution is 2.32. The van der Waals surface area contributed by atoms with Gasteiger partial charge in [0.05, 0.1) is 0 Å². The summed E-state index contributed by atoms with van der Waals surface area (Å²) in [6, 6.07) is 13.8. The number of rotatable bonds is 0. The number of benzene rings is 3. The van der Waals surface area contributed by atoms with Crippen LogP contribution in [-0.4, -0.2) is 4.98 Å². The molecule has 0 radical (unpaired) electrons. The molecule has 4 aromatic rings. The molecular weight excluding hydrogens is 249 g/mol. The molecule has 1 aromatic heterocycles. The minimum Gasteiger partial charge on any atom is -0.264 e. The molecule has 0 N–H and O–H groups in total. The zero-order valence-corrected chi connectivity index (χ0v) is 11.0. The van der Waals surface area contributed by atoms with Gasteiger partial charge in [0.15, 0.2) is 0 Å². The van der Waals surface area contributed by atoms with Crippen molar-refractivity contribution in [1.82, 2.24) is 4.98 Å². The molecule has 0 saturated heterocycles. The van der Waals surface area contributed by atoms with E-state index in [2.05, 4.69) is 11.1 Å². The van der Waals surface area contributed by atoms with Crippen molar-refractivity contribution in [2.45, 2.75) is 6.92 Å². The Morgan fingerprint density at radius 3 is 2.30 bits per heavy atom. The van der Waals surface area contributed by atoms with Crippen LogP contribution in [-0.2, 0) is 0 Å². The van der Waals surface area contributed by atoms with Gasteiger partial charge >= 0.3 is 0 Å². The summed E-state index contributed by atoms with van der Waals surface area (Å²) in [5.74, 6) is -0.126. The van der Waals surface area contributed by atoms with Crippen molar-refractivity contribution in [3.63, 3.8) is 0 Å². The molecule has 0 unspecified atom stereocenters. The normalized spacial score (nSPS) is 11.5. The monoisotopic (exact) mass is 261 g/mol. The number of fused-ring (bicyclic) bond motifs is 5. The highest BCUT2D eigenvalue weighted by molar-refractivity contribution is 6.17. The second-order valence-electron chi connectivity index (χ2n) is 5.11. The average molecular weight is 261 g/mol. The SMILES string of the molecule is Cc1ccc2c(ccc3c4ccncc4ccc23)c1F. The fraction of sp³-hybridized carbons (Fsp3) is 0.0556. The Bertz CT molecular complexity index is 973. The van der Waals surface area contributed by atoms with E-state index < -0.39 is 0 Å². The second-order valence-corrected chi connectivity index (χ2v) is 5.11. The van der Waals surface area contributed by atoms with E-state index in [0.717, 1.165) is 26.9 Å². The Morgan fingerprint density at radius 1 is 0.750 bits per heavy atom. The van der Waals surface area contributed by atoms with E-state index in [0.29, 0.717) is 10.9 Å². The molecule has 0 fully saturated rings. The number of aryl methyl sites for hydroxylation is 1. The predicted octanol–water partition coefficient (Wildman–Crippen LogP) is 4.99. The molecule has 2 heteroatoms. The van der Waals surface area contributed by atoms with Crippen LogP contribution in [0, 0.1) is 12.7 Å². The maximum Gasteiger partial charge on any atom is 0.133 e. The lowest BCUT2D eigenvalue weighted by molar-refractivity contribution is 0.631. The molecular formula is C18H12FN. The zero-order valence-electron chi connectivity index (χ0n) is 11.0. The van der Waals surface area contributed by atoms with Gasteiger partial charge in [-0.05, 0) is 40.1 Å². The number of hydrogen-bond acceptors (Lipinski definition) is 1. The average Bonchev–Trinajstić information content (AvgIpc) is 2.50. The molecule has 1 nitrogen and oxygen atoms in total. The van der Waals surface area contributed by atoms with E-state index in [4.69, 9.17) is 0 Å². The maximum atomic E-state index is 14.2. The van der Waals surface area contributed by atoms with Crippen molar-refractivity contribution >= 4 is 32.3 Å². The summed E-state index contributed by atoms with van der Waals surface area (Å²) >= 11 is 0. The lowest BCUT2D eigenvalue weighted by Crippen LogP contribution is -1.87. The maximum absolute atomic E-state index is 14.2. The van der Waals surface area contributed by atoms with Crippen molar-refractivity contribution in [3.8, 4) is 0 Å². The highest BCUT2D eigenvalue weighted by atomic mass is 19.1. The first-order chi connectivity index (χ1) is 9.75. The third-order valence-electron chi connectivity index (χ3n) is 3.94. The molecule has 0 spiro atoms. The van der Waals surface area contributed by atoms with Crippen LogP contribution in [0.5, 0.6) is 0 Å². The van der Waals surface area contributed by atoms with Gasteiger partial charge < -0.3 is 0 Å². The molecule has 96 valence electrons. The van der Waals surface area contributed by atoms with Gasteiger partial charge in [0.1, 0.15) is 5.82 Å². The summed E-state index contributed by atoms with van der Waals surface area (Å²) in [4.78, 5) is 4.15. The second kappa shape index (κ2) is 4.01. The van der Waals surface area contributed by atoms with E-state index in [1.807, 2.05) is 42.6 Å². The number of halogens is 1. The number of hydrogen-bond donors (Lipinski definition) is 0. The number of nitrogens with zero attached hydrogens (tertiary/aromatic N) is 1. The van der Waals surface area contributed by atoms with Crippen LogP contribution in [0.2, 0.25) is 0 Å². The van der Waals surface area contributed by atoms with E-state index in [9.17, 15) is 4.39 Å². The smallest absolute Gasteiger partial charge is 0.133 e. The lowest BCUT2D eigenvalue weighted by atomic mass is 9.97. The van der Waals surface area contributed by atoms with E-state index >= 15 is 0 Å². The Balaban J connectivity index is 2.26. The van der Waals surface area contributed by atoms with Gasteiger partial charge in [-0.3, -0.25) is 4.98 Å². The van der Waals surface area contributed by atoms with Crippen molar-refractivity contribution < 1.29 is 4.39 Å². The van der Waals surface area contributed by atoms with Crippen LogP contribution in [0.25, 0.3) is 32.3 Å². The van der Waals surface area contributed by atoms with Crippen molar-refractivity contribution in [2.75, 3.05) is 0 Å². The van der Waals surface area contributed by atoms with E-state index in [1.54, 1.807) is 13.1 Å². The molecule has 0 saturated carbocycles. The molecule has 4 rings (SSSR count). The van der Waals surface area contributed by atoms with Crippen LogP contribution < -0.4 is 0 Å². The molecule has 0 bridgehead atoms. The molecule has 1 heterocycles. The third kappa shape index (κ3) is 1.45. The van der Waals surface area contributed by atoms with Crippen LogP contribution in [0.1, 0.15) is 5.56 Å².